The summed E-state index contributed by atoms with van der Waals surface area (Å²) in [7, 11) is 0. The smallest absolute Gasteiger partial charge is 0.321 e. The summed E-state index contributed by atoms with van der Waals surface area (Å²) in [5.41, 5.74) is 0.662. The minimum atomic E-state index is -0.367. The molecule has 0 bridgehead atoms. The van der Waals surface area contributed by atoms with Gasteiger partial charge in [0, 0.05) is 19.3 Å². The maximum atomic E-state index is 13.0. The lowest BCUT2D eigenvalue weighted by Crippen LogP contribution is -2.43. The average Bonchev–Trinajstić information content (AvgIpc) is 2.61. The minimum Gasteiger partial charge on any atom is -0.393 e. The van der Waals surface area contributed by atoms with Crippen molar-refractivity contribution >= 4 is 11.7 Å². The molecule has 0 spiro atoms. The van der Waals surface area contributed by atoms with Crippen molar-refractivity contribution in [1.82, 2.24) is 9.47 Å². The van der Waals surface area contributed by atoms with Crippen molar-refractivity contribution in [1.29, 1.82) is 0 Å². The second-order valence-corrected chi connectivity index (χ2v) is 6.13. The van der Waals surface area contributed by atoms with Crippen LogP contribution in [-0.4, -0.2) is 39.8 Å². The lowest BCUT2D eigenvalue weighted by atomic mass is 10.1. The third-order valence-corrected chi connectivity index (χ3v) is 4.28. The zero-order chi connectivity index (χ0) is 17.8. The summed E-state index contributed by atoms with van der Waals surface area (Å²) in [6.07, 6.45) is 2.33. The standard InChI is InChI=1S/C18H20FN3O3/c19-14-5-3-13(4-6-14)12-22-9-1-2-16(17(22)24)20-18(25)21-10-7-15(23)8-11-21/h1-6,9,15,23H,7-8,10-12H2,(H,20,25). The normalized spacial score (nSPS) is 15.2. The van der Waals surface area contributed by atoms with E-state index in [2.05, 4.69) is 5.32 Å². The Kier molecular flexibility index (Phi) is 5.14. The first kappa shape index (κ1) is 17.2. The molecule has 0 unspecified atom stereocenters. The molecule has 1 aliphatic rings. The molecule has 1 saturated heterocycles. The number of hydrogen-bond donors (Lipinski definition) is 2. The van der Waals surface area contributed by atoms with E-state index in [9.17, 15) is 19.1 Å². The summed E-state index contributed by atoms with van der Waals surface area (Å²) in [5, 5.41) is 12.1. The van der Waals surface area contributed by atoms with Crippen molar-refractivity contribution in [2.24, 2.45) is 0 Å². The zero-order valence-electron chi connectivity index (χ0n) is 13.7. The van der Waals surface area contributed by atoms with Crippen LogP contribution in [-0.2, 0) is 6.54 Å². The molecule has 1 fully saturated rings. The number of urea groups is 1. The number of pyridine rings is 1. The highest BCUT2D eigenvalue weighted by atomic mass is 19.1. The molecular weight excluding hydrogens is 325 g/mol. The summed E-state index contributed by atoms with van der Waals surface area (Å²) < 4.78 is 14.4. The molecule has 25 heavy (non-hydrogen) atoms. The van der Waals surface area contributed by atoms with E-state index in [0.29, 0.717) is 32.5 Å². The second kappa shape index (κ2) is 7.48. The summed E-state index contributed by atoms with van der Waals surface area (Å²) in [6.45, 7) is 1.21. The molecule has 0 saturated carbocycles. The molecule has 0 radical (unpaired) electrons. The number of aliphatic hydroxyl groups excluding tert-OH is 1. The summed E-state index contributed by atoms with van der Waals surface area (Å²) >= 11 is 0. The number of amides is 2. The molecule has 3 rings (SSSR count). The molecule has 7 heteroatoms. The summed E-state index contributed by atoms with van der Waals surface area (Å²) in [6, 6.07) is 8.82. The molecule has 132 valence electrons. The van der Waals surface area contributed by atoms with Gasteiger partial charge in [-0.25, -0.2) is 9.18 Å². The van der Waals surface area contributed by atoms with Gasteiger partial charge >= 0.3 is 6.03 Å². The lowest BCUT2D eigenvalue weighted by molar-refractivity contribution is 0.0972. The van der Waals surface area contributed by atoms with Gasteiger partial charge in [0.2, 0.25) is 0 Å². The molecule has 1 aromatic carbocycles. The SMILES string of the molecule is O=C(Nc1cccn(Cc2ccc(F)cc2)c1=O)N1CCC(O)CC1. The Hall–Kier alpha value is -2.67. The van der Waals surface area contributed by atoms with Crippen LogP contribution in [0.1, 0.15) is 18.4 Å². The van der Waals surface area contributed by atoms with Crippen LogP contribution in [0.15, 0.2) is 47.4 Å². The predicted octanol–water partition coefficient (Wildman–Crippen LogP) is 2.02. The molecule has 0 aliphatic carbocycles. The topological polar surface area (TPSA) is 74.6 Å². The zero-order valence-corrected chi connectivity index (χ0v) is 13.7. The number of likely N-dealkylation sites (tertiary alicyclic amines) is 1. The van der Waals surface area contributed by atoms with Gasteiger partial charge in [0.05, 0.1) is 12.6 Å². The van der Waals surface area contributed by atoms with Crippen molar-refractivity contribution in [3.05, 3.63) is 64.3 Å². The number of nitrogens with one attached hydrogen (secondary N) is 1. The average molecular weight is 345 g/mol. The Morgan fingerprint density at radius 2 is 1.88 bits per heavy atom. The van der Waals surface area contributed by atoms with E-state index < -0.39 is 0 Å². The molecule has 0 atom stereocenters. The highest BCUT2D eigenvalue weighted by Crippen LogP contribution is 2.12. The third kappa shape index (κ3) is 4.24. The number of aliphatic hydroxyl groups is 1. The largest absolute Gasteiger partial charge is 0.393 e. The Bertz CT molecular complexity index is 796. The van der Waals surface area contributed by atoms with Gasteiger partial charge < -0.3 is 19.9 Å². The van der Waals surface area contributed by atoms with Crippen molar-refractivity contribution < 1.29 is 14.3 Å². The van der Waals surface area contributed by atoms with Crippen LogP contribution >= 0.6 is 0 Å². The van der Waals surface area contributed by atoms with Gasteiger partial charge in [-0.2, -0.15) is 0 Å². The summed E-state index contributed by atoms with van der Waals surface area (Å²) in [4.78, 5) is 26.4. The highest BCUT2D eigenvalue weighted by molar-refractivity contribution is 5.89. The van der Waals surface area contributed by atoms with Gasteiger partial charge in [-0.05, 0) is 42.7 Å². The van der Waals surface area contributed by atoms with Gasteiger partial charge in [-0.3, -0.25) is 4.79 Å². The monoisotopic (exact) mass is 345 g/mol. The molecule has 1 aromatic heterocycles. The van der Waals surface area contributed by atoms with Gasteiger partial charge in [-0.15, -0.1) is 0 Å². The van der Waals surface area contributed by atoms with Gasteiger partial charge in [0.1, 0.15) is 11.5 Å². The number of aromatic nitrogens is 1. The van der Waals surface area contributed by atoms with Crippen LogP contribution in [0.4, 0.5) is 14.9 Å². The van der Waals surface area contributed by atoms with Crippen molar-refractivity contribution in [3.8, 4) is 0 Å². The van der Waals surface area contributed by atoms with Gasteiger partial charge in [0.25, 0.3) is 5.56 Å². The van der Waals surface area contributed by atoms with E-state index in [4.69, 9.17) is 0 Å². The van der Waals surface area contributed by atoms with E-state index >= 15 is 0 Å². The Morgan fingerprint density at radius 3 is 2.56 bits per heavy atom. The fourth-order valence-electron chi connectivity index (χ4n) is 2.81. The number of piperidine rings is 1. The number of anilines is 1. The Morgan fingerprint density at radius 1 is 1.20 bits per heavy atom. The van der Waals surface area contributed by atoms with E-state index in [1.54, 1.807) is 35.4 Å². The van der Waals surface area contributed by atoms with E-state index in [0.717, 1.165) is 5.56 Å². The van der Waals surface area contributed by atoms with Crippen LogP contribution in [0.3, 0.4) is 0 Å². The van der Waals surface area contributed by atoms with Gasteiger partial charge in [-0.1, -0.05) is 12.1 Å². The number of benzene rings is 1. The van der Waals surface area contributed by atoms with Crippen molar-refractivity contribution in [3.63, 3.8) is 0 Å². The first-order valence-corrected chi connectivity index (χ1v) is 8.21. The third-order valence-electron chi connectivity index (χ3n) is 4.28. The Labute approximate surface area is 144 Å². The number of carbonyl (C=O) groups is 1. The number of carbonyl (C=O) groups excluding carboxylic acids is 1. The highest BCUT2D eigenvalue weighted by Gasteiger charge is 2.21. The van der Waals surface area contributed by atoms with E-state index in [1.165, 1.54) is 16.7 Å². The van der Waals surface area contributed by atoms with Crippen LogP contribution in [0, 0.1) is 5.82 Å². The lowest BCUT2D eigenvalue weighted by Gasteiger charge is -2.29. The van der Waals surface area contributed by atoms with E-state index in [-0.39, 0.29) is 29.2 Å². The fourth-order valence-corrected chi connectivity index (χ4v) is 2.81. The maximum Gasteiger partial charge on any atom is 0.321 e. The van der Waals surface area contributed by atoms with Crippen LogP contribution in [0.2, 0.25) is 0 Å². The number of rotatable bonds is 3. The molecule has 2 N–H and O–H groups in total. The molecule has 2 amide bonds. The second-order valence-electron chi connectivity index (χ2n) is 6.13. The predicted molar refractivity (Wildman–Crippen MR) is 92.0 cm³/mol. The molecule has 2 heterocycles. The fraction of sp³-hybridized carbons (Fsp3) is 0.333. The molecular formula is C18H20FN3O3. The number of halogens is 1. The van der Waals surface area contributed by atoms with Crippen LogP contribution in [0.25, 0.3) is 0 Å². The first-order chi connectivity index (χ1) is 12.0. The Balaban J connectivity index is 1.71. The van der Waals surface area contributed by atoms with Crippen molar-refractivity contribution in [2.45, 2.75) is 25.5 Å². The summed E-state index contributed by atoms with van der Waals surface area (Å²) in [5.74, 6) is -0.330. The molecule has 6 nitrogen and oxygen atoms in total. The first-order valence-electron chi connectivity index (χ1n) is 8.21. The minimum absolute atomic E-state index is 0.195. The van der Waals surface area contributed by atoms with Crippen molar-refractivity contribution in [2.75, 3.05) is 18.4 Å². The number of nitrogens with zero attached hydrogens (tertiary/aromatic N) is 2. The van der Waals surface area contributed by atoms with Crippen LogP contribution in [0.5, 0.6) is 0 Å². The van der Waals surface area contributed by atoms with Crippen LogP contribution < -0.4 is 10.9 Å². The maximum absolute atomic E-state index is 13.0. The quantitative estimate of drug-likeness (QED) is 0.894. The molecule has 2 aromatic rings. The van der Waals surface area contributed by atoms with Gasteiger partial charge in [0.15, 0.2) is 0 Å². The molecule has 1 aliphatic heterocycles. The number of hydrogen-bond acceptors (Lipinski definition) is 3. The van der Waals surface area contributed by atoms with E-state index in [1.807, 2.05) is 0 Å².